The summed E-state index contributed by atoms with van der Waals surface area (Å²) in [6.07, 6.45) is -2.06. The molecular weight excluding hydrogens is 228 g/mol. The smallest absolute Gasteiger partial charge is 0.408 e. The zero-order valence-electron chi connectivity index (χ0n) is 10.2. The Hall–Kier alpha value is -1.79. The van der Waals surface area contributed by atoms with Crippen molar-refractivity contribution in [1.29, 1.82) is 0 Å². The highest BCUT2D eigenvalue weighted by Crippen LogP contribution is 2.07. The lowest BCUT2D eigenvalue weighted by Gasteiger charge is -2.23. The summed E-state index contributed by atoms with van der Waals surface area (Å²) in [7, 11) is 0. The minimum absolute atomic E-state index is 0.727. The topological polar surface area (TPSA) is 124 Å². The summed E-state index contributed by atoms with van der Waals surface area (Å²) in [6.45, 7) is 6.24. The molecule has 0 radical (unpaired) electrons. The molecule has 0 heterocycles. The molecule has 8 nitrogen and oxygen atoms in total. The zero-order valence-corrected chi connectivity index (χ0v) is 10.2. The Morgan fingerprint density at radius 3 is 2.35 bits per heavy atom. The minimum atomic E-state index is -1.32. The predicted molar refractivity (Wildman–Crippen MR) is 59.0 cm³/mol. The largest absolute Gasteiger partial charge is 0.444 e. The number of nitrogens with one attached hydrogen (secondary N) is 1. The number of nitrogens with zero attached hydrogens (tertiary/aromatic N) is 3. The summed E-state index contributed by atoms with van der Waals surface area (Å²) in [5.74, 6) is -0.978. The third-order valence-corrected chi connectivity index (χ3v) is 1.56. The maximum Gasteiger partial charge on any atom is 0.408 e. The van der Waals surface area contributed by atoms with Crippen molar-refractivity contribution in [3.63, 3.8) is 0 Å². The van der Waals surface area contributed by atoms with Gasteiger partial charge in [0.15, 0.2) is 0 Å². The molecule has 0 aliphatic rings. The molecule has 8 heteroatoms. The van der Waals surface area contributed by atoms with Crippen molar-refractivity contribution in [3.05, 3.63) is 10.4 Å². The van der Waals surface area contributed by atoms with Crippen LogP contribution in [0.15, 0.2) is 5.11 Å². The lowest BCUT2D eigenvalue weighted by Crippen LogP contribution is -2.48. The van der Waals surface area contributed by atoms with Gasteiger partial charge in [0.25, 0.3) is 0 Å². The number of ether oxygens (including phenoxy) is 1. The number of hydrogen-bond acceptors (Lipinski definition) is 4. The quantitative estimate of drug-likeness (QED) is 0.438. The Morgan fingerprint density at radius 2 is 2.00 bits per heavy atom. The van der Waals surface area contributed by atoms with Crippen molar-refractivity contribution < 1.29 is 19.4 Å². The van der Waals surface area contributed by atoms with Gasteiger partial charge in [-0.15, -0.1) is 0 Å². The average Bonchev–Trinajstić information content (AvgIpc) is 2.11. The van der Waals surface area contributed by atoms with Gasteiger partial charge in [-0.2, -0.15) is 0 Å². The van der Waals surface area contributed by atoms with E-state index in [1.54, 1.807) is 20.8 Å². The summed E-state index contributed by atoms with van der Waals surface area (Å²) < 4.78 is 4.90. The van der Waals surface area contributed by atoms with Gasteiger partial charge in [-0.3, -0.25) is 4.79 Å². The molecule has 0 rings (SSSR count). The van der Waals surface area contributed by atoms with Gasteiger partial charge in [-0.1, -0.05) is 0 Å². The van der Waals surface area contributed by atoms with Crippen LogP contribution in [0.1, 0.15) is 27.7 Å². The van der Waals surface area contributed by atoms with Gasteiger partial charge in [0, 0.05) is 4.91 Å². The first-order valence-corrected chi connectivity index (χ1v) is 4.94. The van der Waals surface area contributed by atoms with Gasteiger partial charge >= 0.3 is 6.09 Å². The highest BCUT2D eigenvalue weighted by molar-refractivity contribution is 5.86. The number of rotatable bonds is 3. The van der Waals surface area contributed by atoms with E-state index in [1.165, 1.54) is 6.92 Å². The first kappa shape index (κ1) is 15.2. The number of aliphatic hydroxyl groups excluding tert-OH is 1. The zero-order chi connectivity index (χ0) is 13.6. The lowest BCUT2D eigenvalue weighted by atomic mass is 10.2. The Kier molecular flexibility index (Phi) is 5.43. The molecule has 0 saturated heterocycles. The number of carbonyl (C=O) groups is 2. The molecule has 2 N–H and O–H groups in total. The van der Waals surface area contributed by atoms with Crippen LogP contribution < -0.4 is 5.32 Å². The molecule has 2 amide bonds. The molecule has 0 aliphatic carbocycles. The van der Waals surface area contributed by atoms with Crippen molar-refractivity contribution in [2.24, 2.45) is 5.11 Å². The van der Waals surface area contributed by atoms with E-state index in [0.29, 0.717) is 0 Å². The van der Waals surface area contributed by atoms with E-state index in [4.69, 9.17) is 10.3 Å². The van der Waals surface area contributed by atoms with Crippen LogP contribution in [0.3, 0.4) is 0 Å². The molecule has 0 spiro atoms. The monoisotopic (exact) mass is 244 g/mol. The second-order valence-corrected chi connectivity index (χ2v) is 4.39. The Labute approximate surface area is 98.6 Å². The molecule has 0 bridgehead atoms. The normalized spacial score (nSPS) is 14.2. The molecule has 17 heavy (non-hydrogen) atoms. The maximum absolute atomic E-state index is 11.4. The molecule has 2 atom stereocenters. The van der Waals surface area contributed by atoms with Gasteiger partial charge in [0.2, 0.25) is 5.91 Å². The van der Waals surface area contributed by atoms with E-state index in [9.17, 15) is 14.7 Å². The van der Waals surface area contributed by atoms with Crippen LogP contribution in [0, 0.1) is 0 Å². The number of hydrogen-bond donors (Lipinski definition) is 2. The Bertz CT molecular complexity index is 341. The molecule has 0 saturated carbocycles. The van der Waals surface area contributed by atoms with Crippen molar-refractivity contribution in [2.45, 2.75) is 45.4 Å². The fourth-order valence-corrected chi connectivity index (χ4v) is 0.929. The van der Waals surface area contributed by atoms with Crippen molar-refractivity contribution in [2.75, 3.05) is 0 Å². The molecular formula is C9H16N4O4. The van der Waals surface area contributed by atoms with Crippen LogP contribution in [-0.2, 0) is 9.53 Å². The fourth-order valence-electron chi connectivity index (χ4n) is 0.929. The summed E-state index contributed by atoms with van der Waals surface area (Å²) in [6, 6.07) is -1.32. The van der Waals surface area contributed by atoms with E-state index in [-0.39, 0.29) is 0 Å². The van der Waals surface area contributed by atoms with Crippen molar-refractivity contribution in [1.82, 2.24) is 5.32 Å². The molecule has 0 aliphatic heterocycles. The van der Waals surface area contributed by atoms with Crippen molar-refractivity contribution in [3.8, 4) is 0 Å². The fraction of sp³-hybridized carbons (Fsp3) is 0.778. The van der Waals surface area contributed by atoms with E-state index in [0.717, 1.165) is 0 Å². The van der Waals surface area contributed by atoms with Crippen LogP contribution in [0.5, 0.6) is 0 Å². The average molecular weight is 244 g/mol. The standard InChI is InChI=1S/C9H16N4O4/c1-5(14)6(7(15)12-13-10)11-8(16)17-9(2,3)4/h5-6,14H,1-4H3,(H,11,16)/t5-,6+/m1/s1. The van der Waals surface area contributed by atoms with Gasteiger partial charge in [-0.05, 0) is 38.3 Å². The second kappa shape index (κ2) is 6.07. The van der Waals surface area contributed by atoms with Crippen LogP contribution in [-0.4, -0.2) is 34.9 Å². The van der Waals surface area contributed by atoms with Gasteiger partial charge in [0.05, 0.1) is 6.10 Å². The third-order valence-electron chi connectivity index (χ3n) is 1.56. The van der Waals surface area contributed by atoms with Crippen LogP contribution in [0.4, 0.5) is 4.79 Å². The van der Waals surface area contributed by atoms with E-state index >= 15 is 0 Å². The van der Waals surface area contributed by atoms with Gasteiger partial charge in [-0.25, -0.2) is 4.79 Å². The SMILES string of the molecule is C[C@@H](O)[C@H](NC(=O)OC(C)(C)C)C(=O)N=[N+]=[N-]. The summed E-state index contributed by atoms with van der Waals surface area (Å²) in [4.78, 5) is 24.9. The minimum Gasteiger partial charge on any atom is -0.444 e. The predicted octanol–water partition coefficient (Wildman–Crippen LogP) is 1.10. The molecule has 0 aromatic rings. The number of alkyl carbamates (subject to hydrolysis) is 1. The summed E-state index contributed by atoms with van der Waals surface area (Å²) >= 11 is 0. The van der Waals surface area contributed by atoms with E-state index in [1.807, 2.05) is 0 Å². The highest BCUT2D eigenvalue weighted by Gasteiger charge is 2.27. The Morgan fingerprint density at radius 1 is 1.47 bits per heavy atom. The molecule has 0 aromatic carbocycles. The maximum atomic E-state index is 11.4. The number of amides is 2. The first-order chi connectivity index (χ1) is 7.67. The molecule has 96 valence electrons. The second-order valence-electron chi connectivity index (χ2n) is 4.39. The van der Waals surface area contributed by atoms with Crippen molar-refractivity contribution >= 4 is 12.0 Å². The first-order valence-electron chi connectivity index (χ1n) is 4.94. The number of carbonyl (C=O) groups excluding carboxylic acids is 2. The lowest BCUT2D eigenvalue weighted by molar-refractivity contribution is -0.122. The van der Waals surface area contributed by atoms with Gasteiger partial charge in [0.1, 0.15) is 11.6 Å². The Balaban J connectivity index is 4.62. The van der Waals surface area contributed by atoms with E-state index < -0.39 is 29.7 Å². The summed E-state index contributed by atoms with van der Waals surface area (Å²) in [5, 5.41) is 14.2. The van der Waals surface area contributed by atoms with Gasteiger partial charge < -0.3 is 15.2 Å². The van der Waals surface area contributed by atoms with Crippen LogP contribution in [0.25, 0.3) is 10.4 Å². The van der Waals surface area contributed by atoms with Crippen LogP contribution >= 0.6 is 0 Å². The van der Waals surface area contributed by atoms with Crippen LogP contribution in [0.2, 0.25) is 0 Å². The number of azide groups is 1. The number of aliphatic hydroxyl groups is 1. The molecule has 0 unspecified atom stereocenters. The summed E-state index contributed by atoms with van der Waals surface area (Å²) in [5.41, 5.74) is 7.37. The molecule has 0 aromatic heterocycles. The third kappa shape index (κ3) is 6.39. The highest BCUT2D eigenvalue weighted by atomic mass is 16.6. The van der Waals surface area contributed by atoms with E-state index in [2.05, 4.69) is 15.3 Å². The molecule has 0 fully saturated rings.